The van der Waals surface area contributed by atoms with Crippen LogP contribution in [0.5, 0.6) is 0 Å². The van der Waals surface area contributed by atoms with Gasteiger partial charge in [0, 0.05) is 28.8 Å². The third-order valence-corrected chi connectivity index (χ3v) is 6.69. The van der Waals surface area contributed by atoms with Crippen molar-refractivity contribution in [3.05, 3.63) is 76.0 Å². The first-order valence-corrected chi connectivity index (χ1v) is 11.9. The molecule has 0 aliphatic carbocycles. The minimum absolute atomic E-state index is 0.0791. The minimum Gasteiger partial charge on any atom is -0.339 e. The molecule has 0 atom stereocenters. The number of carbonyl (C=O) groups is 1. The molecule has 0 saturated carbocycles. The maximum absolute atomic E-state index is 13.8. The van der Waals surface area contributed by atoms with Crippen molar-refractivity contribution in [3.63, 3.8) is 0 Å². The van der Waals surface area contributed by atoms with Crippen LogP contribution in [0.1, 0.15) is 23.7 Å². The number of thioether (sulfide) groups is 1. The fourth-order valence-electron chi connectivity index (χ4n) is 2.78. The van der Waals surface area contributed by atoms with E-state index in [9.17, 15) is 9.18 Å². The van der Waals surface area contributed by atoms with Crippen molar-refractivity contribution >= 4 is 46.3 Å². The van der Waals surface area contributed by atoms with E-state index in [-0.39, 0.29) is 29.5 Å². The Balaban J connectivity index is 1.26. The van der Waals surface area contributed by atoms with Gasteiger partial charge in [-0.15, -0.1) is 11.3 Å². The highest BCUT2D eigenvalue weighted by Gasteiger charge is 2.13. The summed E-state index contributed by atoms with van der Waals surface area (Å²) in [4.78, 5) is 21.0. The van der Waals surface area contributed by atoms with Gasteiger partial charge >= 0.3 is 0 Å². The van der Waals surface area contributed by atoms with E-state index >= 15 is 0 Å². The molecule has 10 heteroatoms. The number of aromatic nitrogens is 3. The SMILES string of the molecule is Cc1ccc(-c2csc(SCc3noc(CCC(=O)Nc4ccc(Cl)cc4F)n3)n2)cc1. The van der Waals surface area contributed by atoms with Crippen molar-refractivity contribution in [2.75, 3.05) is 5.32 Å². The van der Waals surface area contributed by atoms with Crippen molar-refractivity contribution in [1.29, 1.82) is 0 Å². The van der Waals surface area contributed by atoms with Crippen molar-refractivity contribution in [3.8, 4) is 11.3 Å². The van der Waals surface area contributed by atoms with E-state index in [1.54, 1.807) is 11.3 Å². The monoisotopic (exact) mass is 488 g/mol. The van der Waals surface area contributed by atoms with Gasteiger partial charge in [-0.05, 0) is 25.1 Å². The smallest absolute Gasteiger partial charge is 0.227 e. The molecule has 32 heavy (non-hydrogen) atoms. The van der Waals surface area contributed by atoms with Crippen LogP contribution in [0, 0.1) is 12.7 Å². The van der Waals surface area contributed by atoms with E-state index in [2.05, 4.69) is 51.6 Å². The second kappa shape index (κ2) is 10.2. The maximum atomic E-state index is 13.8. The number of anilines is 1. The molecule has 1 amide bonds. The Labute approximate surface area is 197 Å². The molecule has 0 aliphatic heterocycles. The third-order valence-electron chi connectivity index (χ3n) is 4.44. The van der Waals surface area contributed by atoms with E-state index in [1.165, 1.54) is 29.5 Å². The molecule has 0 aliphatic rings. The number of rotatable bonds is 8. The molecule has 0 fully saturated rings. The zero-order chi connectivity index (χ0) is 22.5. The number of hydrogen-bond acceptors (Lipinski definition) is 7. The number of amides is 1. The van der Waals surface area contributed by atoms with Gasteiger partial charge < -0.3 is 9.84 Å². The average molecular weight is 489 g/mol. The number of nitrogens with zero attached hydrogens (tertiary/aromatic N) is 3. The minimum atomic E-state index is -0.587. The van der Waals surface area contributed by atoms with Crippen molar-refractivity contribution in [1.82, 2.24) is 15.1 Å². The van der Waals surface area contributed by atoms with Gasteiger partial charge in [-0.2, -0.15) is 4.98 Å². The third kappa shape index (κ3) is 5.93. The molecule has 0 saturated heterocycles. The van der Waals surface area contributed by atoms with E-state index in [0.717, 1.165) is 21.7 Å². The lowest BCUT2D eigenvalue weighted by molar-refractivity contribution is -0.116. The first-order valence-electron chi connectivity index (χ1n) is 9.68. The van der Waals surface area contributed by atoms with Crippen LogP contribution in [0.15, 0.2) is 56.7 Å². The van der Waals surface area contributed by atoms with Crippen molar-refractivity contribution in [2.45, 2.75) is 29.9 Å². The van der Waals surface area contributed by atoms with Gasteiger partial charge in [-0.1, -0.05) is 58.3 Å². The number of benzene rings is 2. The maximum Gasteiger partial charge on any atom is 0.227 e. The van der Waals surface area contributed by atoms with E-state index < -0.39 is 5.82 Å². The molecule has 2 aromatic carbocycles. The Kier molecular flexibility index (Phi) is 7.19. The first-order chi connectivity index (χ1) is 15.5. The summed E-state index contributed by atoms with van der Waals surface area (Å²) in [6.45, 7) is 2.05. The fraction of sp³-hybridized carbons (Fsp3) is 0.182. The Morgan fingerprint density at radius 2 is 2.03 bits per heavy atom. The first kappa shape index (κ1) is 22.4. The molecule has 0 spiro atoms. The molecular weight excluding hydrogens is 471 g/mol. The summed E-state index contributed by atoms with van der Waals surface area (Å²) in [6.07, 6.45) is 0.344. The fourth-order valence-corrected chi connectivity index (χ4v) is 4.62. The van der Waals surface area contributed by atoms with Gasteiger partial charge in [0.25, 0.3) is 0 Å². The number of aryl methyl sites for hydroxylation is 2. The molecule has 164 valence electrons. The van der Waals surface area contributed by atoms with Crippen LogP contribution in [0.4, 0.5) is 10.1 Å². The largest absolute Gasteiger partial charge is 0.339 e. The zero-order valence-electron chi connectivity index (χ0n) is 17.0. The van der Waals surface area contributed by atoms with Crippen molar-refractivity contribution < 1.29 is 13.7 Å². The zero-order valence-corrected chi connectivity index (χ0v) is 19.4. The van der Waals surface area contributed by atoms with Crippen LogP contribution in [-0.4, -0.2) is 21.0 Å². The van der Waals surface area contributed by atoms with Crippen LogP contribution < -0.4 is 5.32 Å². The Bertz CT molecular complexity index is 1230. The summed E-state index contributed by atoms with van der Waals surface area (Å²) >= 11 is 8.80. The highest BCUT2D eigenvalue weighted by atomic mass is 35.5. The second-order valence-corrected chi connectivity index (χ2v) is 9.45. The average Bonchev–Trinajstić information content (AvgIpc) is 3.43. The van der Waals surface area contributed by atoms with Crippen LogP contribution in [0.2, 0.25) is 5.02 Å². The second-order valence-electron chi connectivity index (χ2n) is 6.93. The number of halogens is 2. The lowest BCUT2D eigenvalue weighted by atomic mass is 10.1. The molecule has 0 radical (unpaired) electrons. The predicted molar refractivity (Wildman–Crippen MR) is 125 cm³/mol. The summed E-state index contributed by atoms with van der Waals surface area (Å²) in [5, 5.41) is 8.75. The standard InChI is InChI=1S/C22H18ClFN4O2S2/c1-13-2-4-14(5-3-13)18-11-31-22(26-18)32-12-19-27-21(30-28-19)9-8-20(29)25-17-7-6-15(23)10-16(17)24/h2-7,10-11H,8-9,12H2,1H3,(H,25,29). The number of nitrogens with one attached hydrogen (secondary N) is 1. The van der Waals surface area contributed by atoms with Gasteiger partial charge in [0.1, 0.15) is 5.82 Å². The van der Waals surface area contributed by atoms with Crippen molar-refractivity contribution in [2.24, 2.45) is 0 Å². The summed E-state index contributed by atoms with van der Waals surface area (Å²) < 4.78 is 19.9. The Morgan fingerprint density at radius 3 is 2.81 bits per heavy atom. The van der Waals surface area contributed by atoms with Crippen LogP contribution in [0.25, 0.3) is 11.3 Å². The lowest BCUT2D eigenvalue weighted by Crippen LogP contribution is -2.13. The van der Waals surface area contributed by atoms with Gasteiger partial charge in [0.2, 0.25) is 11.8 Å². The highest BCUT2D eigenvalue weighted by Crippen LogP contribution is 2.30. The van der Waals surface area contributed by atoms with Gasteiger partial charge in [-0.25, -0.2) is 9.37 Å². The quantitative estimate of drug-likeness (QED) is 0.299. The van der Waals surface area contributed by atoms with E-state index in [0.29, 0.717) is 17.5 Å². The molecule has 2 aromatic heterocycles. The molecule has 0 bridgehead atoms. The van der Waals surface area contributed by atoms with Gasteiger partial charge in [0.05, 0.1) is 17.1 Å². The van der Waals surface area contributed by atoms with Crippen LogP contribution in [0.3, 0.4) is 0 Å². The van der Waals surface area contributed by atoms with Gasteiger partial charge in [-0.3, -0.25) is 4.79 Å². The summed E-state index contributed by atoms with van der Waals surface area (Å²) in [5.41, 5.74) is 3.31. The number of hydrogen-bond donors (Lipinski definition) is 1. The number of carbonyl (C=O) groups excluding carboxylic acids is 1. The molecule has 1 N–H and O–H groups in total. The molecule has 4 aromatic rings. The van der Waals surface area contributed by atoms with Gasteiger partial charge in [0.15, 0.2) is 10.2 Å². The summed E-state index contributed by atoms with van der Waals surface area (Å²) in [5.74, 6) is 0.447. The molecule has 2 heterocycles. The Hall–Kier alpha value is -2.75. The van der Waals surface area contributed by atoms with Crippen LogP contribution >= 0.6 is 34.7 Å². The van der Waals surface area contributed by atoms with E-state index in [4.69, 9.17) is 16.1 Å². The summed E-state index contributed by atoms with van der Waals surface area (Å²) in [6, 6.07) is 12.3. The normalized spacial score (nSPS) is 11.0. The predicted octanol–water partition coefficient (Wildman–Crippen LogP) is 6.16. The molecule has 6 nitrogen and oxygen atoms in total. The van der Waals surface area contributed by atoms with E-state index in [1.807, 2.05) is 5.38 Å². The summed E-state index contributed by atoms with van der Waals surface area (Å²) in [7, 11) is 0. The molecular formula is C22H18ClFN4O2S2. The Morgan fingerprint density at radius 1 is 1.22 bits per heavy atom. The molecule has 4 rings (SSSR count). The number of thiazole rings is 1. The topological polar surface area (TPSA) is 80.9 Å². The van der Waals surface area contributed by atoms with Crippen LogP contribution in [-0.2, 0) is 17.0 Å². The molecule has 0 unspecified atom stereocenters. The lowest BCUT2D eigenvalue weighted by Gasteiger charge is -2.05. The highest BCUT2D eigenvalue weighted by molar-refractivity contribution is 8.00.